The van der Waals surface area contributed by atoms with Crippen molar-refractivity contribution in [2.75, 3.05) is 37.1 Å². The van der Waals surface area contributed by atoms with Gasteiger partial charge in [0, 0.05) is 11.3 Å². The maximum atomic E-state index is 12.6. The number of benzene rings is 3. The van der Waals surface area contributed by atoms with Crippen LogP contribution in [-0.2, 0) is 4.79 Å². The van der Waals surface area contributed by atoms with E-state index in [1.165, 1.54) is 0 Å². The predicted octanol–water partition coefficient (Wildman–Crippen LogP) is 4.06. The summed E-state index contributed by atoms with van der Waals surface area (Å²) in [5.74, 6) is 1.63. The summed E-state index contributed by atoms with van der Waals surface area (Å²) in [5.41, 5.74) is 2.75. The van der Waals surface area contributed by atoms with Gasteiger partial charge in [0.05, 0.1) is 19.3 Å². The molecule has 3 aromatic rings. The number of carbonyl (C=O) groups excluding carboxylic acids is 2. The number of rotatable bonds is 7. The van der Waals surface area contributed by atoms with Crippen LogP contribution in [0, 0.1) is 6.92 Å². The summed E-state index contributed by atoms with van der Waals surface area (Å²) in [5, 5.41) is 2.89. The number of ether oxygens (including phenoxy) is 3. The molecule has 3 aromatic carbocycles. The Hall–Kier alpha value is -4.00. The lowest BCUT2D eigenvalue weighted by atomic mass is 10.1. The average molecular weight is 432 g/mol. The summed E-state index contributed by atoms with van der Waals surface area (Å²) in [4.78, 5) is 26.7. The van der Waals surface area contributed by atoms with Gasteiger partial charge in [0.25, 0.3) is 11.8 Å². The highest BCUT2D eigenvalue weighted by Gasteiger charge is 2.26. The van der Waals surface area contributed by atoms with Crippen LogP contribution in [0.3, 0.4) is 0 Å². The van der Waals surface area contributed by atoms with E-state index in [1.54, 1.807) is 36.3 Å². The van der Waals surface area contributed by atoms with E-state index in [-0.39, 0.29) is 18.4 Å². The summed E-state index contributed by atoms with van der Waals surface area (Å²) in [6.07, 6.45) is 0. The fourth-order valence-electron chi connectivity index (χ4n) is 3.44. The Balaban J connectivity index is 1.46. The molecule has 1 heterocycles. The lowest BCUT2D eigenvalue weighted by Crippen LogP contribution is -2.41. The molecule has 1 aliphatic heterocycles. The normalized spacial score (nSPS) is 12.6. The fourth-order valence-corrected chi connectivity index (χ4v) is 3.44. The SMILES string of the molecule is COc1ccc(OCCN2C(=O)COc3ccc(NC(=O)c4cccc(C)c4)cc32)cc1. The molecule has 0 saturated heterocycles. The third-order valence-corrected chi connectivity index (χ3v) is 5.08. The molecule has 0 aliphatic carbocycles. The highest BCUT2D eigenvalue weighted by atomic mass is 16.5. The van der Waals surface area contributed by atoms with Crippen LogP contribution in [-0.4, -0.2) is 38.7 Å². The monoisotopic (exact) mass is 432 g/mol. The van der Waals surface area contributed by atoms with Crippen LogP contribution in [0.2, 0.25) is 0 Å². The number of nitrogens with zero attached hydrogens (tertiary/aromatic N) is 1. The molecule has 1 N–H and O–H groups in total. The molecule has 0 fully saturated rings. The summed E-state index contributed by atoms with van der Waals surface area (Å²) in [6.45, 7) is 2.54. The molecule has 0 unspecified atom stereocenters. The largest absolute Gasteiger partial charge is 0.497 e. The van der Waals surface area contributed by atoms with Gasteiger partial charge in [0.2, 0.25) is 0 Å². The Bertz CT molecular complexity index is 1130. The molecule has 0 aromatic heterocycles. The number of aryl methyl sites for hydroxylation is 1. The third-order valence-electron chi connectivity index (χ3n) is 5.08. The van der Waals surface area contributed by atoms with Gasteiger partial charge in [0.15, 0.2) is 6.61 Å². The smallest absolute Gasteiger partial charge is 0.265 e. The maximum absolute atomic E-state index is 12.6. The number of fused-ring (bicyclic) bond motifs is 1. The highest BCUT2D eigenvalue weighted by molar-refractivity contribution is 6.05. The first kappa shape index (κ1) is 21.2. The van der Waals surface area contributed by atoms with E-state index >= 15 is 0 Å². The number of hydrogen-bond donors (Lipinski definition) is 1. The van der Waals surface area contributed by atoms with Crippen molar-refractivity contribution in [3.63, 3.8) is 0 Å². The molecule has 0 saturated carbocycles. The quantitative estimate of drug-likeness (QED) is 0.609. The highest BCUT2D eigenvalue weighted by Crippen LogP contribution is 2.34. The first-order chi connectivity index (χ1) is 15.5. The zero-order valence-electron chi connectivity index (χ0n) is 18.0. The minimum atomic E-state index is -0.217. The predicted molar refractivity (Wildman–Crippen MR) is 122 cm³/mol. The maximum Gasteiger partial charge on any atom is 0.265 e. The molecule has 0 spiro atoms. The van der Waals surface area contributed by atoms with Crippen molar-refractivity contribution in [3.05, 3.63) is 77.9 Å². The first-order valence-corrected chi connectivity index (χ1v) is 10.3. The van der Waals surface area contributed by atoms with Crippen LogP contribution in [0.15, 0.2) is 66.7 Å². The molecule has 1 aliphatic rings. The van der Waals surface area contributed by atoms with E-state index in [4.69, 9.17) is 14.2 Å². The average Bonchev–Trinajstić information content (AvgIpc) is 2.81. The first-order valence-electron chi connectivity index (χ1n) is 10.3. The molecule has 7 heteroatoms. The number of nitrogens with one attached hydrogen (secondary N) is 1. The van der Waals surface area contributed by atoms with Crippen molar-refractivity contribution in [1.82, 2.24) is 0 Å². The number of amides is 2. The van der Waals surface area contributed by atoms with E-state index in [0.29, 0.717) is 41.6 Å². The minimum absolute atomic E-state index is 0.0372. The van der Waals surface area contributed by atoms with E-state index < -0.39 is 0 Å². The number of anilines is 2. The van der Waals surface area contributed by atoms with Gasteiger partial charge in [-0.3, -0.25) is 9.59 Å². The molecule has 4 rings (SSSR count). The van der Waals surface area contributed by atoms with Crippen LogP contribution in [0.25, 0.3) is 0 Å². The molecule has 164 valence electrons. The van der Waals surface area contributed by atoms with E-state index in [2.05, 4.69) is 5.32 Å². The fraction of sp³-hybridized carbons (Fsp3) is 0.200. The lowest BCUT2D eigenvalue weighted by molar-refractivity contribution is -0.121. The van der Waals surface area contributed by atoms with Crippen LogP contribution in [0.5, 0.6) is 17.2 Å². The van der Waals surface area contributed by atoms with Gasteiger partial charge in [-0.05, 0) is 61.5 Å². The van der Waals surface area contributed by atoms with Crippen molar-refractivity contribution < 1.29 is 23.8 Å². The second kappa shape index (κ2) is 9.43. The number of hydrogen-bond acceptors (Lipinski definition) is 5. The van der Waals surface area contributed by atoms with Crippen LogP contribution >= 0.6 is 0 Å². The molecular weight excluding hydrogens is 408 g/mol. The zero-order valence-corrected chi connectivity index (χ0v) is 18.0. The Kier molecular flexibility index (Phi) is 6.26. The van der Waals surface area contributed by atoms with Gasteiger partial charge in [-0.25, -0.2) is 0 Å². The standard InChI is InChI=1S/C25H24N2O5/c1-17-4-3-5-18(14-17)25(29)26-19-6-11-23-22(15-19)27(24(28)16-32-23)12-13-31-21-9-7-20(30-2)8-10-21/h3-11,14-15H,12-13,16H2,1-2H3,(H,26,29). The van der Waals surface area contributed by atoms with Crippen molar-refractivity contribution in [2.24, 2.45) is 0 Å². The second-order valence-electron chi connectivity index (χ2n) is 7.36. The number of carbonyl (C=O) groups is 2. The zero-order chi connectivity index (χ0) is 22.5. The van der Waals surface area contributed by atoms with E-state index in [0.717, 1.165) is 11.3 Å². The van der Waals surface area contributed by atoms with Crippen LogP contribution < -0.4 is 24.4 Å². The van der Waals surface area contributed by atoms with Gasteiger partial charge in [-0.15, -0.1) is 0 Å². The Labute approximate surface area is 186 Å². The van der Waals surface area contributed by atoms with Crippen molar-refractivity contribution >= 4 is 23.2 Å². The molecule has 0 atom stereocenters. The molecular formula is C25H24N2O5. The van der Waals surface area contributed by atoms with Gasteiger partial charge < -0.3 is 24.4 Å². The van der Waals surface area contributed by atoms with Gasteiger partial charge >= 0.3 is 0 Å². The molecule has 2 amide bonds. The Morgan fingerprint density at radius 3 is 2.59 bits per heavy atom. The van der Waals surface area contributed by atoms with Gasteiger partial charge in [-0.2, -0.15) is 0 Å². The Morgan fingerprint density at radius 1 is 1.06 bits per heavy atom. The van der Waals surface area contributed by atoms with Crippen LogP contribution in [0.1, 0.15) is 15.9 Å². The topological polar surface area (TPSA) is 77.1 Å². The summed E-state index contributed by atoms with van der Waals surface area (Å²) in [6, 6.07) is 19.9. The van der Waals surface area contributed by atoms with Crippen molar-refractivity contribution in [1.29, 1.82) is 0 Å². The minimum Gasteiger partial charge on any atom is -0.497 e. The third kappa shape index (κ3) is 4.83. The van der Waals surface area contributed by atoms with Crippen molar-refractivity contribution in [3.8, 4) is 17.2 Å². The summed E-state index contributed by atoms with van der Waals surface area (Å²) >= 11 is 0. The lowest BCUT2D eigenvalue weighted by Gasteiger charge is -2.29. The van der Waals surface area contributed by atoms with Crippen molar-refractivity contribution in [2.45, 2.75) is 6.92 Å². The van der Waals surface area contributed by atoms with E-state index in [1.807, 2.05) is 49.4 Å². The second-order valence-corrected chi connectivity index (χ2v) is 7.36. The summed E-state index contributed by atoms with van der Waals surface area (Å²) in [7, 11) is 1.61. The molecule has 0 bridgehead atoms. The molecule has 7 nitrogen and oxygen atoms in total. The Morgan fingerprint density at radius 2 is 1.84 bits per heavy atom. The molecule has 32 heavy (non-hydrogen) atoms. The summed E-state index contributed by atoms with van der Waals surface area (Å²) < 4.78 is 16.5. The van der Waals surface area contributed by atoms with Crippen LogP contribution in [0.4, 0.5) is 11.4 Å². The van der Waals surface area contributed by atoms with Gasteiger partial charge in [-0.1, -0.05) is 17.7 Å². The molecule has 0 radical (unpaired) electrons. The number of methoxy groups -OCH3 is 1. The van der Waals surface area contributed by atoms with Gasteiger partial charge in [0.1, 0.15) is 23.9 Å². The van der Waals surface area contributed by atoms with E-state index in [9.17, 15) is 9.59 Å².